The van der Waals surface area contributed by atoms with Crippen molar-refractivity contribution < 1.29 is 0 Å². The fraction of sp³-hybridized carbons (Fsp3) is 0.333. The third-order valence-electron chi connectivity index (χ3n) is 2.55. The van der Waals surface area contributed by atoms with Crippen molar-refractivity contribution in [1.82, 2.24) is 9.97 Å². The van der Waals surface area contributed by atoms with E-state index in [0.717, 1.165) is 30.8 Å². The second kappa shape index (κ2) is 7.83. The highest BCUT2D eigenvalue weighted by Crippen LogP contribution is 2.13. The fourth-order valence-electron chi connectivity index (χ4n) is 1.66. The lowest BCUT2D eigenvalue weighted by atomic mass is 10.1. The van der Waals surface area contributed by atoms with Gasteiger partial charge in [-0.3, -0.25) is 0 Å². The lowest BCUT2D eigenvalue weighted by molar-refractivity contribution is 0.767. The van der Waals surface area contributed by atoms with E-state index in [1.165, 1.54) is 5.57 Å². The molecule has 0 amide bonds. The summed E-state index contributed by atoms with van der Waals surface area (Å²) in [6, 6.07) is 0. The summed E-state index contributed by atoms with van der Waals surface area (Å²) >= 11 is 5.89. The summed E-state index contributed by atoms with van der Waals surface area (Å²) < 4.78 is 0. The van der Waals surface area contributed by atoms with E-state index >= 15 is 0 Å². The summed E-state index contributed by atoms with van der Waals surface area (Å²) in [5.74, 6) is 0.857. The third kappa shape index (κ3) is 4.84. The van der Waals surface area contributed by atoms with Gasteiger partial charge < -0.3 is 0 Å². The first kappa shape index (κ1) is 14.7. The van der Waals surface area contributed by atoms with Gasteiger partial charge in [-0.05, 0) is 32.3 Å². The van der Waals surface area contributed by atoms with Crippen LogP contribution in [-0.2, 0) is 6.42 Å². The van der Waals surface area contributed by atoms with Crippen LogP contribution in [0.2, 0.25) is 5.02 Å². The Bertz CT molecular complexity index is 462. The zero-order valence-electron chi connectivity index (χ0n) is 11.0. The standard InChI is InChI=1S/C15H19ClN2/c1-4-7-13(8-5-2)9-6-10-15-17-11-14(16)12(3)18-15/h4-5,7-8,11H,1,6,9-10H2,2-3H3/b8-5-,13-7+. The Kier molecular flexibility index (Phi) is 6.37. The maximum absolute atomic E-state index is 5.89. The molecule has 18 heavy (non-hydrogen) atoms. The first-order valence-electron chi connectivity index (χ1n) is 6.09. The summed E-state index contributed by atoms with van der Waals surface area (Å²) in [6.45, 7) is 7.64. The molecule has 3 heteroatoms. The van der Waals surface area contributed by atoms with Crippen molar-refractivity contribution >= 4 is 11.6 Å². The van der Waals surface area contributed by atoms with E-state index in [1.807, 2.05) is 32.1 Å². The van der Waals surface area contributed by atoms with Crippen molar-refractivity contribution in [3.05, 3.63) is 59.2 Å². The monoisotopic (exact) mass is 262 g/mol. The molecule has 0 saturated carbocycles. The molecule has 0 saturated heterocycles. The average Bonchev–Trinajstić information content (AvgIpc) is 2.34. The maximum Gasteiger partial charge on any atom is 0.128 e. The predicted octanol–water partition coefficient (Wildman–Crippen LogP) is 4.45. The Hall–Kier alpha value is -1.41. The number of allylic oxidation sites excluding steroid dienone is 5. The first-order chi connectivity index (χ1) is 8.67. The highest BCUT2D eigenvalue weighted by Gasteiger charge is 2.01. The van der Waals surface area contributed by atoms with Crippen molar-refractivity contribution in [2.45, 2.75) is 33.1 Å². The summed E-state index contributed by atoms with van der Waals surface area (Å²) in [4.78, 5) is 8.59. The van der Waals surface area contributed by atoms with E-state index in [2.05, 4.69) is 22.6 Å². The smallest absolute Gasteiger partial charge is 0.128 e. The first-order valence-corrected chi connectivity index (χ1v) is 6.47. The minimum atomic E-state index is 0.625. The van der Waals surface area contributed by atoms with Gasteiger partial charge >= 0.3 is 0 Å². The van der Waals surface area contributed by atoms with Gasteiger partial charge in [-0.1, -0.05) is 42.5 Å². The largest absolute Gasteiger partial charge is 0.240 e. The molecule has 0 N–H and O–H groups in total. The third-order valence-corrected chi connectivity index (χ3v) is 2.92. The van der Waals surface area contributed by atoms with Crippen molar-refractivity contribution in [2.24, 2.45) is 0 Å². The lowest BCUT2D eigenvalue weighted by Gasteiger charge is -2.03. The van der Waals surface area contributed by atoms with Crippen LogP contribution in [0.15, 0.2) is 42.7 Å². The molecule has 0 bridgehead atoms. The van der Waals surface area contributed by atoms with Gasteiger partial charge in [0.15, 0.2) is 0 Å². The molecule has 0 radical (unpaired) electrons. The molecule has 0 spiro atoms. The van der Waals surface area contributed by atoms with Crippen LogP contribution in [0, 0.1) is 6.92 Å². The number of aryl methyl sites for hydroxylation is 2. The van der Waals surface area contributed by atoms with Crippen LogP contribution in [0.1, 0.15) is 31.3 Å². The minimum Gasteiger partial charge on any atom is -0.240 e. The molecule has 1 rings (SSSR count). The molecule has 0 unspecified atom stereocenters. The summed E-state index contributed by atoms with van der Waals surface area (Å²) in [6.07, 6.45) is 12.6. The van der Waals surface area contributed by atoms with E-state index in [4.69, 9.17) is 11.6 Å². The van der Waals surface area contributed by atoms with Crippen LogP contribution in [-0.4, -0.2) is 9.97 Å². The van der Waals surface area contributed by atoms with Crippen molar-refractivity contribution in [2.75, 3.05) is 0 Å². The van der Waals surface area contributed by atoms with E-state index < -0.39 is 0 Å². The van der Waals surface area contributed by atoms with Crippen LogP contribution in [0.4, 0.5) is 0 Å². The summed E-state index contributed by atoms with van der Waals surface area (Å²) in [5, 5.41) is 0.625. The Labute approximate surface area is 114 Å². The molecular formula is C15H19ClN2. The number of hydrogen-bond donors (Lipinski definition) is 0. The van der Waals surface area contributed by atoms with Gasteiger partial charge in [0, 0.05) is 12.6 Å². The van der Waals surface area contributed by atoms with Crippen LogP contribution >= 0.6 is 11.6 Å². The molecule has 0 aliphatic heterocycles. The molecular weight excluding hydrogens is 244 g/mol. The molecule has 0 aliphatic carbocycles. The molecule has 96 valence electrons. The normalized spacial score (nSPS) is 12.1. The SMILES string of the molecule is C=C/C=C(\C=C/C)CCCc1ncc(Cl)c(C)n1. The number of rotatable bonds is 6. The van der Waals surface area contributed by atoms with Crippen molar-refractivity contribution in [3.8, 4) is 0 Å². The van der Waals surface area contributed by atoms with E-state index in [-0.39, 0.29) is 0 Å². The second-order valence-electron chi connectivity index (χ2n) is 4.05. The molecule has 1 aromatic heterocycles. The van der Waals surface area contributed by atoms with E-state index in [0.29, 0.717) is 5.02 Å². The predicted molar refractivity (Wildman–Crippen MR) is 77.8 cm³/mol. The topological polar surface area (TPSA) is 25.8 Å². The van der Waals surface area contributed by atoms with Crippen LogP contribution in [0.25, 0.3) is 0 Å². The fourth-order valence-corrected chi connectivity index (χ4v) is 1.75. The number of aromatic nitrogens is 2. The van der Waals surface area contributed by atoms with Crippen LogP contribution < -0.4 is 0 Å². The lowest BCUT2D eigenvalue weighted by Crippen LogP contribution is -1.97. The Balaban J connectivity index is 2.52. The number of hydrogen-bond acceptors (Lipinski definition) is 2. The van der Waals surface area contributed by atoms with E-state index in [9.17, 15) is 0 Å². The Morgan fingerprint density at radius 1 is 1.50 bits per heavy atom. The van der Waals surface area contributed by atoms with Crippen molar-refractivity contribution in [1.29, 1.82) is 0 Å². The number of nitrogens with zero attached hydrogens (tertiary/aromatic N) is 2. The van der Waals surface area contributed by atoms with Crippen molar-refractivity contribution in [3.63, 3.8) is 0 Å². The van der Waals surface area contributed by atoms with Crippen LogP contribution in [0.5, 0.6) is 0 Å². The highest BCUT2D eigenvalue weighted by molar-refractivity contribution is 6.31. The summed E-state index contributed by atoms with van der Waals surface area (Å²) in [7, 11) is 0. The van der Waals surface area contributed by atoms with Gasteiger partial charge in [-0.25, -0.2) is 9.97 Å². The molecule has 0 aliphatic rings. The Morgan fingerprint density at radius 2 is 2.28 bits per heavy atom. The number of halogens is 1. The van der Waals surface area contributed by atoms with E-state index in [1.54, 1.807) is 6.20 Å². The zero-order valence-corrected chi connectivity index (χ0v) is 11.7. The van der Waals surface area contributed by atoms with Gasteiger partial charge in [0.2, 0.25) is 0 Å². The molecule has 1 aromatic rings. The molecule has 2 nitrogen and oxygen atoms in total. The van der Waals surface area contributed by atoms with Gasteiger partial charge in [0.05, 0.1) is 10.7 Å². The average molecular weight is 263 g/mol. The van der Waals surface area contributed by atoms with Crippen LogP contribution in [0.3, 0.4) is 0 Å². The summed E-state index contributed by atoms with van der Waals surface area (Å²) in [5.41, 5.74) is 2.12. The highest BCUT2D eigenvalue weighted by atomic mass is 35.5. The Morgan fingerprint density at radius 3 is 2.89 bits per heavy atom. The molecule has 0 fully saturated rings. The molecule has 0 atom stereocenters. The van der Waals surface area contributed by atoms with Gasteiger partial charge in [0.1, 0.15) is 5.82 Å². The van der Waals surface area contributed by atoms with Gasteiger partial charge in [-0.2, -0.15) is 0 Å². The van der Waals surface area contributed by atoms with Gasteiger partial charge in [-0.15, -0.1) is 0 Å². The maximum atomic E-state index is 5.89. The molecule has 0 aromatic carbocycles. The molecule has 1 heterocycles. The van der Waals surface area contributed by atoms with Gasteiger partial charge in [0.25, 0.3) is 0 Å². The second-order valence-corrected chi connectivity index (χ2v) is 4.46. The zero-order chi connectivity index (χ0) is 13.4. The quantitative estimate of drug-likeness (QED) is 0.708. The minimum absolute atomic E-state index is 0.625.